The third-order valence-electron chi connectivity index (χ3n) is 9.25. The van der Waals surface area contributed by atoms with E-state index in [1.165, 1.54) is 12.1 Å². The fourth-order valence-corrected chi connectivity index (χ4v) is 7.07. The van der Waals surface area contributed by atoms with E-state index in [0.29, 0.717) is 38.7 Å². The molecule has 0 N–H and O–H groups in total. The van der Waals surface area contributed by atoms with Gasteiger partial charge in [-0.25, -0.2) is 4.85 Å². The van der Waals surface area contributed by atoms with Gasteiger partial charge in [0.05, 0.1) is 57.2 Å². The van der Waals surface area contributed by atoms with Crippen molar-refractivity contribution in [1.29, 1.82) is 5.26 Å². The summed E-state index contributed by atoms with van der Waals surface area (Å²) in [4.78, 5) is 3.55. The predicted octanol–water partition coefficient (Wildman–Crippen LogP) is 12.3. The quantitative estimate of drug-likeness (QED) is 0.135. The van der Waals surface area contributed by atoms with E-state index < -0.39 is 23.5 Å². The highest BCUT2D eigenvalue weighted by atomic mass is 19.4. The summed E-state index contributed by atoms with van der Waals surface area (Å²) in [6, 6.07) is 32.1. The maximum atomic E-state index is 14.0. The zero-order chi connectivity index (χ0) is 35.8. The van der Waals surface area contributed by atoms with Gasteiger partial charge in [0.1, 0.15) is 0 Å². The molecule has 8 rings (SSSR count). The number of para-hydroxylation sites is 2. The highest BCUT2D eigenvalue weighted by Gasteiger charge is 2.33. The maximum Gasteiger partial charge on any atom is 0.416 e. The number of benzene rings is 6. The summed E-state index contributed by atoms with van der Waals surface area (Å²) in [5.41, 5.74) is 2.61. The number of alkyl halides is 6. The summed E-state index contributed by atoms with van der Waals surface area (Å²) < 4.78 is 87.4. The Kier molecular flexibility index (Phi) is 7.00. The van der Waals surface area contributed by atoms with E-state index in [2.05, 4.69) is 10.9 Å². The lowest BCUT2D eigenvalue weighted by Gasteiger charge is -2.22. The molecule has 0 unspecified atom stereocenters. The molecular weight excluding hydrogens is 662 g/mol. The number of hydrogen-bond donors (Lipinski definition) is 0. The first-order chi connectivity index (χ1) is 24.4. The zero-order valence-electron chi connectivity index (χ0n) is 26.5. The Morgan fingerprint density at radius 3 is 1.63 bits per heavy atom. The van der Waals surface area contributed by atoms with Gasteiger partial charge in [-0.1, -0.05) is 60.2 Å². The molecule has 4 nitrogen and oxygen atoms in total. The highest BCUT2D eigenvalue weighted by Crippen LogP contribution is 2.47. The zero-order valence-corrected chi connectivity index (χ0v) is 26.5. The molecule has 10 heteroatoms. The molecule has 0 aliphatic heterocycles. The fourth-order valence-electron chi connectivity index (χ4n) is 7.07. The average Bonchev–Trinajstić information content (AvgIpc) is 3.62. The fraction of sp³-hybridized carbons (Fsp3) is 0.0732. The van der Waals surface area contributed by atoms with Gasteiger partial charge in [0.15, 0.2) is 5.69 Å². The van der Waals surface area contributed by atoms with Crippen LogP contribution in [0.4, 0.5) is 32.0 Å². The molecule has 0 radical (unpaired) electrons. The minimum absolute atomic E-state index is 0.156. The molecule has 2 heterocycles. The van der Waals surface area contributed by atoms with Crippen molar-refractivity contribution in [1.82, 2.24) is 9.13 Å². The first-order valence-corrected chi connectivity index (χ1v) is 15.7. The van der Waals surface area contributed by atoms with Crippen LogP contribution in [0.1, 0.15) is 22.3 Å². The van der Waals surface area contributed by atoms with Crippen LogP contribution in [0.15, 0.2) is 115 Å². The molecule has 0 atom stereocenters. The van der Waals surface area contributed by atoms with Crippen LogP contribution in [0, 0.1) is 24.8 Å². The molecule has 0 fully saturated rings. The molecule has 0 aliphatic rings. The molecule has 51 heavy (non-hydrogen) atoms. The van der Waals surface area contributed by atoms with Gasteiger partial charge in [0.25, 0.3) is 0 Å². The molecule has 6 aromatic carbocycles. The second-order valence-electron chi connectivity index (χ2n) is 12.3. The van der Waals surface area contributed by atoms with Crippen LogP contribution in [0.3, 0.4) is 0 Å². The number of nitriles is 1. The molecule has 0 saturated carbocycles. The Hall–Kier alpha value is -6.52. The first kappa shape index (κ1) is 31.7. The Labute approximate surface area is 286 Å². The van der Waals surface area contributed by atoms with Gasteiger partial charge in [0, 0.05) is 32.7 Å². The van der Waals surface area contributed by atoms with Gasteiger partial charge < -0.3 is 9.13 Å². The van der Waals surface area contributed by atoms with Gasteiger partial charge in [-0.05, 0) is 73.2 Å². The van der Waals surface area contributed by atoms with Crippen molar-refractivity contribution in [2.24, 2.45) is 0 Å². The molecule has 0 bridgehead atoms. The summed E-state index contributed by atoms with van der Waals surface area (Å²) in [6.45, 7) is 9.98. The van der Waals surface area contributed by atoms with E-state index in [9.17, 15) is 31.6 Å². The van der Waals surface area contributed by atoms with Crippen LogP contribution in [-0.4, -0.2) is 9.13 Å². The van der Waals surface area contributed by atoms with Crippen LogP contribution in [0.25, 0.3) is 71.0 Å². The van der Waals surface area contributed by atoms with Gasteiger partial charge in [0.2, 0.25) is 0 Å². The Morgan fingerprint density at radius 1 is 0.588 bits per heavy atom. The number of aryl methyl sites for hydroxylation is 1. The number of rotatable bonds is 3. The Balaban J connectivity index is 1.60. The molecule has 0 amide bonds. The number of fused-ring (bicyclic) bond motifs is 6. The standard InChI is InChI=1S/C41H22F6N4/c1-23-11-15-35-30(17-23)27-7-3-5-9-33(27)50(35)37-18-24(22-48)19-38(39(37)29-14-12-26(41(45,46)47)21-32(29)49-2)51-34-10-6-4-8-28(34)31-20-25(40(42,43)44)13-16-36(31)51/h3-21H,1H3. The van der Waals surface area contributed by atoms with Crippen LogP contribution >= 0.6 is 0 Å². The molecule has 2 aromatic heterocycles. The predicted molar refractivity (Wildman–Crippen MR) is 186 cm³/mol. The highest BCUT2D eigenvalue weighted by molar-refractivity contribution is 6.12. The molecule has 8 aromatic rings. The normalized spacial score (nSPS) is 12.2. The topological polar surface area (TPSA) is 38.0 Å². The van der Waals surface area contributed by atoms with Crippen molar-refractivity contribution in [3.63, 3.8) is 0 Å². The van der Waals surface area contributed by atoms with Crippen molar-refractivity contribution in [3.8, 4) is 28.6 Å². The summed E-state index contributed by atoms with van der Waals surface area (Å²) >= 11 is 0. The van der Waals surface area contributed by atoms with Crippen LogP contribution in [-0.2, 0) is 12.4 Å². The summed E-state index contributed by atoms with van der Waals surface area (Å²) in [7, 11) is 0. The van der Waals surface area contributed by atoms with E-state index >= 15 is 0 Å². The van der Waals surface area contributed by atoms with Crippen molar-refractivity contribution >= 4 is 49.3 Å². The van der Waals surface area contributed by atoms with E-state index in [1.54, 1.807) is 41.0 Å². The lowest BCUT2D eigenvalue weighted by Crippen LogP contribution is -2.07. The van der Waals surface area contributed by atoms with Gasteiger partial charge >= 0.3 is 12.4 Å². The van der Waals surface area contributed by atoms with Crippen molar-refractivity contribution in [3.05, 3.63) is 149 Å². The van der Waals surface area contributed by atoms with Crippen LogP contribution < -0.4 is 0 Å². The van der Waals surface area contributed by atoms with Crippen molar-refractivity contribution < 1.29 is 26.3 Å². The Bertz CT molecular complexity index is 2820. The van der Waals surface area contributed by atoms with E-state index in [4.69, 9.17) is 6.57 Å². The third-order valence-corrected chi connectivity index (χ3v) is 9.25. The molecule has 0 aliphatic carbocycles. The van der Waals surface area contributed by atoms with Crippen LogP contribution in [0.5, 0.6) is 0 Å². The number of hydrogen-bond acceptors (Lipinski definition) is 1. The van der Waals surface area contributed by atoms with Gasteiger partial charge in [-0.3, -0.25) is 0 Å². The smallest absolute Gasteiger partial charge is 0.309 e. The molecular formula is C41H22F6N4. The number of aromatic nitrogens is 2. The van der Waals surface area contributed by atoms with Crippen LogP contribution in [0.2, 0.25) is 0 Å². The number of nitrogens with zero attached hydrogens (tertiary/aromatic N) is 4. The minimum atomic E-state index is -4.72. The Morgan fingerprint density at radius 2 is 1.08 bits per heavy atom. The summed E-state index contributed by atoms with van der Waals surface area (Å²) in [6.07, 6.45) is -9.34. The third kappa shape index (κ3) is 4.99. The lowest BCUT2D eigenvalue weighted by molar-refractivity contribution is -0.138. The first-order valence-electron chi connectivity index (χ1n) is 15.7. The van der Waals surface area contributed by atoms with Gasteiger partial charge in [-0.15, -0.1) is 0 Å². The van der Waals surface area contributed by atoms with E-state index in [-0.39, 0.29) is 16.8 Å². The van der Waals surface area contributed by atoms with Crippen molar-refractivity contribution in [2.75, 3.05) is 0 Å². The minimum Gasteiger partial charge on any atom is -0.309 e. The molecule has 248 valence electrons. The van der Waals surface area contributed by atoms with E-state index in [1.807, 2.05) is 54.0 Å². The second kappa shape index (κ2) is 11.3. The average molecular weight is 685 g/mol. The number of halogens is 6. The maximum absolute atomic E-state index is 14.0. The molecule has 0 saturated heterocycles. The largest absolute Gasteiger partial charge is 0.416 e. The van der Waals surface area contributed by atoms with E-state index in [0.717, 1.165) is 51.6 Å². The SMILES string of the molecule is [C-]#[N+]c1cc(C(F)(F)F)ccc1-c1c(-n2c3ccccc3c3cc(C)ccc32)cc(C#N)cc1-n1c2ccccc2c2cc(C(F)(F)F)ccc21. The van der Waals surface area contributed by atoms with Gasteiger partial charge in [-0.2, -0.15) is 31.6 Å². The monoisotopic (exact) mass is 684 g/mol. The lowest BCUT2D eigenvalue weighted by atomic mass is 9.95. The van der Waals surface area contributed by atoms with Crippen molar-refractivity contribution in [2.45, 2.75) is 19.3 Å². The summed E-state index contributed by atoms with van der Waals surface area (Å²) in [5.74, 6) is 0. The second-order valence-corrected chi connectivity index (χ2v) is 12.3. The summed E-state index contributed by atoms with van der Waals surface area (Å²) in [5, 5.41) is 13.0. The molecule has 0 spiro atoms.